The van der Waals surface area contributed by atoms with Gasteiger partial charge in [0.1, 0.15) is 0 Å². The Kier molecular flexibility index (Phi) is 3.39. The third-order valence-corrected chi connectivity index (χ3v) is 1.21. The molecule has 0 aromatic carbocycles. The minimum Gasteiger partial charge on any atom is -0.478 e. The summed E-state index contributed by atoms with van der Waals surface area (Å²) in [5.74, 6) is -14.0. The lowest BCUT2D eigenvalue weighted by molar-refractivity contribution is -0.341. The fourth-order valence-electron chi connectivity index (χ4n) is 0.470. The summed E-state index contributed by atoms with van der Waals surface area (Å²) in [6.45, 7) is 0. The lowest BCUT2D eigenvalue weighted by atomic mass is 10.1. The lowest BCUT2D eigenvalue weighted by Crippen LogP contribution is -2.50. The van der Waals surface area contributed by atoms with E-state index in [0.717, 1.165) is 0 Å². The summed E-state index contributed by atoms with van der Waals surface area (Å²) in [4.78, 5) is 9.68. The number of carboxylic acid groups (broad SMARTS) is 1. The van der Waals surface area contributed by atoms with Crippen molar-refractivity contribution in [2.45, 2.75) is 18.0 Å². The number of halogens is 7. The Balaban J connectivity index is 5.10. The third kappa shape index (κ3) is 2.83. The summed E-state index contributed by atoms with van der Waals surface area (Å²) < 4.78 is 82.9. The molecule has 15 heavy (non-hydrogen) atoms. The molecule has 88 valence electrons. The highest BCUT2D eigenvalue weighted by Gasteiger charge is 2.71. The topological polar surface area (TPSA) is 37.3 Å². The summed E-state index contributed by atoms with van der Waals surface area (Å²) in [5.41, 5.74) is 0. The zero-order valence-electron chi connectivity index (χ0n) is 6.66. The molecular formula is C6H3F7O2. The molecule has 0 aliphatic carbocycles. The second kappa shape index (κ2) is 3.70. The van der Waals surface area contributed by atoms with Gasteiger partial charge >= 0.3 is 24.0 Å². The highest BCUT2D eigenvalue weighted by atomic mass is 19.4. The number of allylic oxidation sites excluding steroid dienone is 1. The van der Waals surface area contributed by atoms with E-state index >= 15 is 0 Å². The predicted octanol–water partition coefficient (Wildman–Crippen LogP) is 2.46. The number of rotatable bonds is 3. The molecule has 0 saturated carbocycles. The largest absolute Gasteiger partial charge is 0.478 e. The van der Waals surface area contributed by atoms with Crippen LogP contribution in [0.4, 0.5) is 30.7 Å². The molecule has 0 atom stereocenters. The van der Waals surface area contributed by atoms with Crippen molar-refractivity contribution in [3.8, 4) is 0 Å². The fourth-order valence-corrected chi connectivity index (χ4v) is 0.470. The van der Waals surface area contributed by atoms with E-state index in [0.29, 0.717) is 0 Å². The van der Waals surface area contributed by atoms with Gasteiger partial charge in [0.25, 0.3) is 0 Å². The summed E-state index contributed by atoms with van der Waals surface area (Å²) >= 11 is 0. The van der Waals surface area contributed by atoms with Crippen LogP contribution in [-0.4, -0.2) is 29.1 Å². The Morgan fingerprint density at radius 1 is 1.00 bits per heavy atom. The Bertz CT molecular complexity index is 278. The Morgan fingerprint density at radius 2 is 1.40 bits per heavy atom. The Hall–Kier alpha value is -1.28. The molecule has 2 nitrogen and oxygen atoms in total. The Labute approximate surface area is 78.0 Å². The molecule has 0 bridgehead atoms. The van der Waals surface area contributed by atoms with Crippen LogP contribution in [0, 0.1) is 0 Å². The zero-order chi connectivity index (χ0) is 12.5. The maximum absolute atomic E-state index is 12.2. The first-order chi connectivity index (χ1) is 6.42. The first kappa shape index (κ1) is 13.7. The van der Waals surface area contributed by atoms with Gasteiger partial charge in [-0.15, -0.1) is 0 Å². The second-order valence-electron chi connectivity index (χ2n) is 2.37. The fraction of sp³-hybridized carbons (Fsp3) is 0.500. The standard InChI is InChI=1S/C6H3F7O2/c7-4(8,2-1-3(14)15)5(9,10)6(11,12)13/h1-2H,(H,14,15)/b2-1-. The van der Waals surface area contributed by atoms with Gasteiger partial charge in [-0.25, -0.2) is 4.79 Å². The summed E-state index contributed by atoms with van der Waals surface area (Å²) in [6.07, 6.45) is -7.96. The van der Waals surface area contributed by atoms with Crippen LogP contribution >= 0.6 is 0 Å². The van der Waals surface area contributed by atoms with Gasteiger partial charge in [-0.3, -0.25) is 0 Å². The maximum Gasteiger partial charge on any atom is 0.460 e. The second-order valence-corrected chi connectivity index (χ2v) is 2.37. The van der Waals surface area contributed by atoms with E-state index in [1.165, 1.54) is 0 Å². The molecular weight excluding hydrogens is 237 g/mol. The lowest BCUT2D eigenvalue weighted by Gasteiger charge is -2.25. The van der Waals surface area contributed by atoms with E-state index in [2.05, 4.69) is 0 Å². The number of carboxylic acids is 1. The number of hydrogen-bond acceptors (Lipinski definition) is 1. The number of aliphatic carboxylic acids is 1. The van der Waals surface area contributed by atoms with Gasteiger partial charge in [0.05, 0.1) is 0 Å². The van der Waals surface area contributed by atoms with Crippen molar-refractivity contribution >= 4 is 5.97 Å². The van der Waals surface area contributed by atoms with Crippen LogP contribution in [0.3, 0.4) is 0 Å². The van der Waals surface area contributed by atoms with Crippen LogP contribution in [0.15, 0.2) is 12.2 Å². The molecule has 0 aliphatic heterocycles. The molecule has 1 N–H and O–H groups in total. The van der Waals surface area contributed by atoms with Gasteiger partial charge in [-0.2, -0.15) is 30.7 Å². The molecule has 0 unspecified atom stereocenters. The normalized spacial score (nSPS) is 14.6. The highest BCUT2D eigenvalue weighted by molar-refractivity contribution is 5.79. The summed E-state index contributed by atoms with van der Waals surface area (Å²) in [7, 11) is 0. The van der Waals surface area contributed by atoms with Gasteiger partial charge in [0.15, 0.2) is 0 Å². The van der Waals surface area contributed by atoms with Crippen LogP contribution in [-0.2, 0) is 4.79 Å². The minimum atomic E-state index is -6.46. The van der Waals surface area contributed by atoms with E-state index in [-0.39, 0.29) is 0 Å². The average molecular weight is 240 g/mol. The molecule has 0 amide bonds. The van der Waals surface area contributed by atoms with Crippen molar-refractivity contribution < 1.29 is 40.6 Å². The van der Waals surface area contributed by atoms with E-state index < -0.39 is 36.1 Å². The van der Waals surface area contributed by atoms with Gasteiger partial charge in [-0.05, 0) is 6.08 Å². The van der Waals surface area contributed by atoms with Crippen molar-refractivity contribution in [1.29, 1.82) is 0 Å². The average Bonchev–Trinajstić information content (AvgIpc) is 1.98. The first-order valence-corrected chi connectivity index (χ1v) is 3.16. The quantitative estimate of drug-likeness (QED) is 0.607. The molecule has 0 spiro atoms. The summed E-state index contributed by atoms with van der Waals surface area (Å²) in [6, 6.07) is 0. The third-order valence-electron chi connectivity index (χ3n) is 1.21. The molecule has 9 heteroatoms. The van der Waals surface area contributed by atoms with E-state index in [9.17, 15) is 35.5 Å². The summed E-state index contributed by atoms with van der Waals surface area (Å²) in [5, 5.41) is 7.80. The van der Waals surface area contributed by atoms with Gasteiger partial charge in [0, 0.05) is 6.08 Å². The van der Waals surface area contributed by atoms with Gasteiger partial charge < -0.3 is 5.11 Å². The van der Waals surface area contributed by atoms with Crippen molar-refractivity contribution in [2.75, 3.05) is 0 Å². The van der Waals surface area contributed by atoms with Crippen LogP contribution in [0.5, 0.6) is 0 Å². The van der Waals surface area contributed by atoms with Crippen LogP contribution in [0.1, 0.15) is 0 Å². The van der Waals surface area contributed by atoms with Crippen molar-refractivity contribution in [2.24, 2.45) is 0 Å². The highest BCUT2D eigenvalue weighted by Crippen LogP contribution is 2.46. The van der Waals surface area contributed by atoms with Crippen LogP contribution in [0.2, 0.25) is 0 Å². The maximum atomic E-state index is 12.2. The van der Waals surface area contributed by atoms with E-state index in [1.807, 2.05) is 0 Å². The molecule has 0 aromatic rings. The van der Waals surface area contributed by atoms with Gasteiger partial charge in [-0.1, -0.05) is 0 Å². The van der Waals surface area contributed by atoms with Crippen molar-refractivity contribution in [3.63, 3.8) is 0 Å². The molecule has 0 radical (unpaired) electrons. The number of alkyl halides is 7. The van der Waals surface area contributed by atoms with Gasteiger partial charge in [0.2, 0.25) is 0 Å². The number of hydrogen-bond donors (Lipinski definition) is 1. The SMILES string of the molecule is O=C(O)/C=C\C(F)(F)C(F)(F)C(F)(F)F. The Morgan fingerprint density at radius 3 is 1.67 bits per heavy atom. The van der Waals surface area contributed by atoms with Crippen molar-refractivity contribution in [1.82, 2.24) is 0 Å². The molecule has 0 saturated heterocycles. The molecule has 0 fully saturated rings. The smallest absolute Gasteiger partial charge is 0.460 e. The van der Waals surface area contributed by atoms with Crippen LogP contribution in [0.25, 0.3) is 0 Å². The first-order valence-electron chi connectivity index (χ1n) is 3.16. The monoisotopic (exact) mass is 240 g/mol. The molecule has 0 aromatic heterocycles. The van der Waals surface area contributed by atoms with E-state index in [1.54, 1.807) is 0 Å². The number of carbonyl (C=O) groups is 1. The minimum absolute atomic E-state index is 0.486. The van der Waals surface area contributed by atoms with Crippen molar-refractivity contribution in [3.05, 3.63) is 12.2 Å². The van der Waals surface area contributed by atoms with E-state index in [4.69, 9.17) is 5.11 Å². The molecule has 0 aliphatic rings. The predicted molar refractivity (Wildman–Crippen MR) is 32.7 cm³/mol. The zero-order valence-corrected chi connectivity index (χ0v) is 6.66. The molecule has 0 heterocycles. The molecule has 0 rings (SSSR count). The van der Waals surface area contributed by atoms with Crippen LogP contribution < -0.4 is 0 Å².